The van der Waals surface area contributed by atoms with Crippen LogP contribution in [-0.2, 0) is 22.5 Å². The SMILES string of the molecule is O=C(Cc1ccc(F)c(Cl)c1)N1CCN(Cc2ccccc2)[C@@H]2COC[C@H](N3CCCC3)[C@H]21. The molecule has 3 atom stereocenters. The van der Waals surface area contributed by atoms with Gasteiger partial charge in [0.25, 0.3) is 0 Å². The molecule has 5 rings (SSSR count). The van der Waals surface area contributed by atoms with Gasteiger partial charge in [0.15, 0.2) is 0 Å². The van der Waals surface area contributed by atoms with E-state index in [1.165, 1.54) is 24.5 Å². The number of ether oxygens (including phenoxy) is 1. The van der Waals surface area contributed by atoms with Crippen molar-refractivity contribution in [1.82, 2.24) is 14.7 Å². The number of likely N-dealkylation sites (tertiary alicyclic amines) is 1. The van der Waals surface area contributed by atoms with Gasteiger partial charge in [0.1, 0.15) is 5.82 Å². The summed E-state index contributed by atoms with van der Waals surface area (Å²) in [5, 5.41) is 0.0619. The average Bonchev–Trinajstić information content (AvgIpc) is 3.37. The highest BCUT2D eigenvalue weighted by molar-refractivity contribution is 6.30. The van der Waals surface area contributed by atoms with Crippen LogP contribution in [0.4, 0.5) is 4.39 Å². The Balaban J connectivity index is 1.39. The lowest BCUT2D eigenvalue weighted by Crippen LogP contribution is -2.71. The Morgan fingerprint density at radius 1 is 0.970 bits per heavy atom. The van der Waals surface area contributed by atoms with E-state index >= 15 is 0 Å². The fourth-order valence-corrected chi connectivity index (χ4v) is 5.88. The summed E-state index contributed by atoms with van der Waals surface area (Å²) in [6, 6.07) is 15.5. The van der Waals surface area contributed by atoms with Gasteiger partial charge in [0, 0.05) is 19.6 Å². The fourth-order valence-electron chi connectivity index (χ4n) is 5.68. The van der Waals surface area contributed by atoms with Gasteiger partial charge in [-0.2, -0.15) is 0 Å². The summed E-state index contributed by atoms with van der Waals surface area (Å²) in [7, 11) is 0. The van der Waals surface area contributed by atoms with Crippen LogP contribution >= 0.6 is 11.6 Å². The first-order valence-corrected chi connectivity index (χ1v) is 12.3. The number of hydrogen-bond acceptors (Lipinski definition) is 4. The predicted molar refractivity (Wildman–Crippen MR) is 127 cm³/mol. The minimum absolute atomic E-state index is 0.0619. The van der Waals surface area contributed by atoms with E-state index in [-0.39, 0.29) is 35.5 Å². The van der Waals surface area contributed by atoms with Crippen molar-refractivity contribution in [1.29, 1.82) is 0 Å². The molecule has 176 valence electrons. The third-order valence-corrected chi connectivity index (χ3v) is 7.61. The summed E-state index contributed by atoms with van der Waals surface area (Å²) < 4.78 is 19.7. The number of benzene rings is 2. The van der Waals surface area contributed by atoms with Gasteiger partial charge in [0.2, 0.25) is 5.91 Å². The molecular formula is C26H31ClFN3O2. The van der Waals surface area contributed by atoms with Crippen LogP contribution in [-0.4, -0.2) is 78.1 Å². The van der Waals surface area contributed by atoms with Crippen molar-refractivity contribution in [3.8, 4) is 0 Å². The van der Waals surface area contributed by atoms with E-state index in [4.69, 9.17) is 16.3 Å². The molecule has 0 N–H and O–H groups in total. The first-order valence-electron chi connectivity index (χ1n) is 11.9. The lowest BCUT2D eigenvalue weighted by molar-refractivity contribution is -0.153. The lowest BCUT2D eigenvalue weighted by atomic mass is 9.90. The minimum atomic E-state index is -0.457. The number of rotatable bonds is 5. The van der Waals surface area contributed by atoms with Crippen molar-refractivity contribution in [2.75, 3.05) is 39.4 Å². The van der Waals surface area contributed by atoms with Gasteiger partial charge in [0.05, 0.1) is 42.8 Å². The number of carbonyl (C=O) groups is 1. The molecule has 1 amide bonds. The van der Waals surface area contributed by atoms with E-state index in [2.05, 4.69) is 39.0 Å². The van der Waals surface area contributed by atoms with Gasteiger partial charge in [-0.1, -0.05) is 48.0 Å². The third-order valence-electron chi connectivity index (χ3n) is 7.32. The topological polar surface area (TPSA) is 36.0 Å². The summed E-state index contributed by atoms with van der Waals surface area (Å²) >= 11 is 5.97. The summed E-state index contributed by atoms with van der Waals surface area (Å²) in [4.78, 5) is 20.6. The molecule has 0 radical (unpaired) electrons. The third kappa shape index (κ3) is 4.94. The molecule has 7 heteroatoms. The number of halogens is 2. The van der Waals surface area contributed by atoms with Crippen molar-refractivity contribution in [2.24, 2.45) is 0 Å². The molecular weight excluding hydrogens is 441 g/mol. The summed E-state index contributed by atoms with van der Waals surface area (Å²) in [5.41, 5.74) is 2.03. The molecule has 2 aromatic carbocycles. The Bertz CT molecular complexity index is 969. The molecule has 3 fully saturated rings. The molecule has 0 spiro atoms. The van der Waals surface area contributed by atoms with Crippen molar-refractivity contribution < 1.29 is 13.9 Å². The summed E-state index contributed by atoms with van der Waals surface area (Å²) in [6.07, 6.45) is 2.63. The van der Waals surface area contributed by atoms with Gasteiger partial charge in [-0.3, -0.25) is 14.6 Å². The zero-order valence-corrected chi connectivity index (χ0v) is 19.6. The second-order valence-corrected chi connectivity index (χ2v) is 9.78. The second-order valence-electron chi connectivity index (χ2n) is 9.37. The Kier molecular flexibility index (Phi) is 6.97. The van der Waals surface area contributed by atoms with E-state index in [1.54, 1.807) is 12.1 Å². The maximum atomic E-state index is 13.6. The molecule has 0 saturated carbocycles. The van der Waals surface area contributed by atoms with E-state index in [1.807, 2.05) is 6.07 Å². The second kappa shape index (κ2) is 10.1. The zero-order valence-electron chi connectivity index (χ0n) is 18.8. The largest absolute Gasteiger partial charge is 0.378 e. The van der Waals surface area contributed by atoms with E-state index in [9.17, 15) is 9.18 Å². The maximum absolute atomic E-state index is 13.6. The highest BCUT2D eigenvalue weighted by atomic mass is 35.5. The molecule has 0 unspecified atom stereocenters. The van der Waals surface area contributed by atoms with Crippen molar-refractivity contribution in [2.45, 2.75) is 43.9 Å². The summed E-state index contributed by atoms with van der Waals surface area (Å²) in [6.45, 7) is 5.76. The van der Waals surface area contributed by atoms with Crippen LogP contribution in [0.1, 0.15) is 24.0 Å². The molecule has 5 nitrogen and oxygen atoms in total. The number of nitrogens with zero attached hydrogens (tertiary/aromatic N) is 3. The molecule has 0 aliphatic carbocycles. The van der Waals surface area contributed by atoms with Gasteiger partial charge in [-0.25, -0.2) is 4.39 Å². The van der Waals surface area contributed by atoms with Crippen LogP contribution in [0, 0.1) is 5.82 Å². The normalized spacial score (nSPS) is 26.4. The van der Waals surface area contributed by atoms with Gasteiger partial charge in [-0.15, -0.1) is 0 Å². The van der Waals surface area contributed by atoms with Crippen LogP contribution < -0.4 is 0 Å². The molecule has 3 heterocycles. The molecule has 0 aromatic heterocycles. The van der Waals surface area contributed by atoms with Crippen molar-refractivity contribution in [3.05, 3.63) is 70.5 Å². The Hall–Kier alpha value is -1.99. The lowest BCUT2D eigenvalue weighted by Gasteiger charge is -2.54. The first-order chi connectivity index (χ1) is 16.1. The number of carbonyl (C=O) groups excluding carboxylic acids is 1. The highest BCUT2D eigenvalue weighted by Crippen LogP contribution is 2.31. The molecule has 3 aliphatic heterocycles. The minimum Gasteiger partial charge on any atom is -0.378 e. The first kappa shape index (κ1) is 22.8. The van der Waals surface area contributed by atoms with Gasteiger partial charge >= 0.3 is 0 Å². The fraction of sp³-hybridized carbons (Fsp3) is 0.500. The van der Waals surface area contributed by atoms with Crippen LogP contribution in [0.25, 0.3) is 0 Å². The average molecular weight is 472 g/mol. The Morgan fingerprint density at radius 3 is 2.48 bits per heavy atom. The monoisotopic (exact) mass is 471 g/mol. The molecule has 2 aromatic rings. The molecule has 0 bridgehead atoms. The van der Waals surface area contributed by atoms with Gasteiger partial charge in [-0.05, 0) is 49.2 Å². The highest BCUT2D eigenvalue weighted by Gasteiger charge is 2.47. The number of hydrogen-bond donors (Lipinski definition) is 0. The number of fused-ring (bicyclic) bond motifs is 1. The van der Waals surface area contributed by atoms with E-state index < -0.39 is 5.82 Å². The van der Waals surface area contributed by atoms with Crippen LogP contribution in [0.5, 0.6) is 0 Å². The van der Waals surface area contributed by atoms with Crippen LogP contribution in [0.3, 0.4) is 0 Å². The number of amides is 1. The van der Waals surface area contributed by atoms with Crippen molar-refractivity contribution >= 4 is 17.5 Å². The quantitative estimate of drug-likeness (QED) is 0.667. The Labute approximate surface area is 200 Å². The maximum Gasteiger partial charge on any atom is 0.227 e. The van der Waals surface area contributed by atoms with E-state index in [0.29, 0.717) is 19.8 Å². The molecule has 3 saturated heterocycles. The summed E-state index contributed by atoms with van der Waals surface area (Å²) in [5.74, 6) is -0.376. The molecule has 3 aliphatic rings. The van der Waals surface area contributed by atoms with Crippen LogP contribution in [0.15, 0.2) is 48.5 Å². The van der Waals surface area contributed by atoms with Crippen molar-refractivity contribution in [3.63, 3.8) is 0 Å². The van der Waals surface area contributed by atoms with E-state index in [0.717, 1.165) is 31.7 Å². The Morgan fingerprint density at radius 2 is 1.73 bits per heavy atom. The number of piperazine rings is 1. The zero-order chi connectivity index (χ0) is 22.8. The van der Waals surface area contributed by atoms with Crippen LogP contribution in [0.2, 0.25) is 5.02 Å². The predicted octanol–water partition coefficient (Wildman–Crippen LogP) is 3.60. The molecule has 33 heavy (non-hydrogen) atoms. The smallest absolute Gasteiger partial charge is 0.227 e. The standard InChI is InChI=1S/C26H31ClFN3O2/c27-21-14-20(8-9-22(21)28)15-25(32)31-13-12-30(16-19-6-2-1-3-7-19)24-18-33-17-23(26(24)31)29-10-4-5-11-29/h1-3,6-9,14,23-24,26H,4-5,10-13,15-18H2/t23-,24+,26+/m0/s1. The van der Waals surface area contributed by atoms with Gasteiger partial charge < -0.3 is 9.64 Å².